The van der Waals surface area contributed by atoms with Gasteiger partial charge in [-0.2, -0.15) is 0 Å². The summed E-state index contributed by atoms with van der Waals surface area (Å²) >= 11 is 0. The average molecular weight is 371 g/mol. The molecule has 0 bridgehead atoms. The summed E-state index contributed by atoms with van der Waals surface area (Å²) < 4.78 is 0. The second-order valence-electron chi connectivity index (χ2n) is 5.43. The molecule has 0 spiro atoms. The summed E-state index contributed by atoms with van der Waals surface area (Å²) in [6, 6.07) is 11.5. The predicted octanol–water partition coefficient (Wildman–Crippen LogP) is 2.38. The number of amides is 1. The van der Waals surface area contributed by atoms with Crippen LogP contribution in [0.4, 0.5) is 0 Å². The second kappa shape index (κ2) is 11.0. The summed E-state index contributed by atoms with van der Waals surface area (Å²) in [5.74, 6) is -0.114. The van der Waals surface area contributed by atoms with Crippen LogP contribution in [0.1, 0.15) is 27.2 Å². The van der Waals surface area contributed by atoms with E-state index in [1.807, 2.05) is 32.3 Å². The van der Waals surface area contributed by atoms with E-state index in [0.29, 0.717) is 24.3 Å². The molecule has 5 nitrogen and oxygen atoms in total. The van der Waals surface area contributed by atoms with E-state index in [9.17, 15) is 4.79 Å². The maximum absolute atomic E-state index is 12.2. The fourth-order valence-corrected chi connectivity index (χ4v) is 2.23. The smallest absolute Gasteiger partial charge is 0.251 e. The van der Waals surface area contributed by atoms with Crippen molar-refractivity contribution >= 4 is 30.7 Å². The van der Waals surface area contributed by atoms with Crippen molar-refractivity contribution in [2.75, 3.05) is 14.1 Å². The molecular formula is C17H24Cl2N4O. The van der Waals surface area contributed by atoms with Crippen molar-refractivity contribution in [1.82, 2.24) is 15.2 Å². The number of carbonyl (C=O) groups excluding carboxylic acids is 1. The number of nitrogens with two attached hydrogens (primary N) is 1. The Morgan fingerprint density at radius 3 is 2.46 bits per heavy atom. The van der Waals surface area contributed by atoms with Gasteiger partial charge in [0, 0.05) is 31.4 Å². The highest BCUT2D eigenvalue weighted by Gasteiger charge is 2.08. The van der Waals surface area contributed by atoms with Crippen LogP contribution in [0.3, 0.4) is 0 Å². The van der Waals surface area contributed by atoms with Crippen molar-refractivity contribution in [1.29, 1.82) is 0 Å². The Morgan fingerprint density at radius 1 is 1.17 bits per heavy atom. The van der Waals surface area contributed by atoms with Crippen molar-refractivity contribution < 1.29 is 4.79 Å². The van der Waals surface area contributed by atoms with E-state index >= 15 is 0 Å². The first-order valence-electron chi connectivity index (χ1n) is 7.25. The van der Waals surface area contributed by atoms with Crippen LogP contribution in [0.5, 0.6) is 0 Å². The third-order valence-corrected chi connectivity index (χ3v) is 3.33. The first kappa shape index (κ1) is 22.3. The molecule has 0 saturated heterocycles. The molecular weight excluding hydrogens is 347 g/mol. The Morgan fingerprint density at radius 2 is 1.83 bits per heavy atom. The number of halogens is 2. The van der Waals surface area contributed by atoms with Crippen LogP contribution in [-0.2, 0) is 19.6 Å². The number of pyridine rings is 1. The van der Waals surface area contributed by atoms with Crippen LogP contribution >= 0.6 is 24.8 Å². The lowest BCUT2D eigenvalue weighted by Crippen LogP contribution is -2.24. The summed E-state index contributed by atoms with van der Waals surface area (Å²) in [6.45, 7) is 1.68. The molecule has 24 heavy (non-hydrogen) atoms. The molecule has 2 rings (SSSR count). The molecule has 1 aromatic heterocycles. The zero-order valence-electron chi connectivity index (χ0n) is 13.9. The normalized spacial score (nSPS) is 9.83. The van der Waals surface area contributed by atoms with Gasteiger partial charge >= 0.3 is 0 Å². The molecule has 0 aliphatic carbocycles. The molecule has 1 aromatic carbocycles. The lowest BCUT2D eigenvalue weighted by molar-refractivity contribution is 0.0950. The number of nitrogens with zero attached hydrogens (tertiary/aromatic N) is 2. The molecule has 2 aromatic rings. The zero-order chi connectivity index (χ0) is 15.9. The zero-order valence-corrected chi connectivity index (χ0v) is 15.5. The molecule has 3 N–H and O–H groups in total. The van der Waals surface area contributed by atoms with Gasteiger partial charge in [-0.25, -0.2) is 0 Å². The van der Waals surface area contributed by atoms with Gasteiger partial charge in [0.15, 0.2) is 0 Å². The van der Waals surface area contributed by atoms with Gasteiger partial charge in [0.1, 0.15) is 0 Å². The maximum Gasteiger partial charge on any atom is 0.251 e. The Kier molecular flexibility index (Phi) is 10.2. The van der Waals surface area contributed by atoms with Crippen LogP contribution in [0.25, 0.3) is 0 Å². The van der Waals surface area contributed by atoms with Gasteiger partial charge in [-0.1, -0.05) is 24.3 Å². The number of benzene rings is 1. The molecule has 0 fully saturated rings. The second-order valence-corrected chi connectivity index (χ2v) is 5.43. The van der Waals surface area contributed by atoms with Crippen LogP contribution in [-0.4, -0.2) is 29.9 Å². The number of rotatable bonds is 6. The minimum absolute atomic E-state index is 0. The highest BCUT2D eigenvalue weighted by Crippen LogP contribution is 2.11. The number of carbonyl (C=O) groups is 1. The Balaban J connectivity index is 0.00000264. The molecule has 1 amide bonds. The minimum atomic E-state index is -0.114. The van der Waals surface area contributed by atoms with Crippen LogP contribution in [0, 0.1) is 0 Å². The van der Waals surface area contributed by atoms with Gasteiger partial charge in [-0.05, 0) is 37.4 Å². The third-order valence-electron chi connectivity index (χ3n) is 3.33. The lowest BCUT2D eigenvalue weighted by atomic mass is 10.1. The predicted molar refractivity (Wildman–Crippen MR) is 102 cm³/mol. The third kappa shape index (κ3) is 6.45. The van der Waals surface area contributed by atoms with Crippen LogP contribution < -0.4 is 11.1 Å². The molecule has 0 radical (unpaired) electrons. The Hall–Kier alpha value is -1.66. The highest BCUT2D eigenvalue weighted by atomic mass is 35.5. The summed E-state index contributed by atoms with van der Waals surface area (Å²) in [7, 11) is 4.06. The molecule has 0 saturated carbocycles. The average Bonchev–Trinajstić information content (AvgIpc) is 2.53. The first-order chi connectivity index (χ1) is 10.6. The molecule has 132 valence electrons. The fraction of sp³-hybridized carbons (Fsp3) is 0.294. The summed E-state index contributed by atoms with van der Waals surface area (Å²) in [5.41, 5.74) is 9.18. The van der Waals surface area contributed by atoms with E-state index in [4.69, 9.17) is 5.73 Å². The van der Waals surface area contributed by atoms with Gasteiger partial charge in [0.2, 0.25) is 0 Å². The van der Waals surface area contributed by atoms with Crippen molar-refractivity contribution in [3.05, 3.63) is 65.0 Å². The van der Waals surface area contributed by atoms with E-state index in [0.717, 1.165) is 12.1 Å². The van der Waals surface area contributed by atoms with Gasteiger partial charge in [-0.15, -0.1) is 24.8 Å². The molecule has 0 aliphatic heterocycles. The van der Waals surface area contributed by atoms with E-state index in [-0.39, 0.29) is 30.7 Å². The van der Waals surface area contributed by atoms with Gasteiger partial charge in [-0.3, -0.25) is 9.78 Å². The van der Waals surface area contributed by atoms with Crippen LogP contribution in [0.2, 0.25) is 0 Å². The van der Waals surface area contributed by atoms with Crippen molar-refractivity contribution in [2.24, 2.45) is 5.73 Å². The number of aromatic nitrogens is 1. The highest BCUT2D eigenvalue weighted by molar-refractivity contribution is 5.94. The monoisotopic (exact) mass is 370 g/mol. The summed E-state index contributed by atoms with van der Waals surface area (Å²) in [5, 5.41) is 2.95. The van der Waals surface area contributed by atoms with Crippen molar-refractivity contribution in [3.8, 4) is 0 Å². The minimum Gasteiger partial charge on any atom is -0.348 e. The maximum atomic E-state index is 12.2. The van der Waals surface area contributed by atoms with E-state index < -0.39 is 0 Å². The lowest BCUT2D eigenvalue weighted by Gasteiger charge is -2.14. The largest absolute Gasteiger partial charge is 0.348 e. The Bertz CT molecular complexity index is 650. The topological polar surface area (TPSA) is 71.2 Å². The SMILES string of the molecule is CN(C)Cc1ccccc1CNC(=O)c1ccnc(CN)c1.Cl.Cl. The van der Waals surface area contributed by atoms with E-state index in [1.165, 1.54) is 5.56 Å². The Labute approximate surface area is 155 Å². The fourth-order valence-electron chi connectivity index (χ4n) is 2.23. The quantitative estimate of drug-likeness (QED) is 0.818. The molecule has 0 unspecified atom stereocenters. The van der Waals surface area contributed by atoms with Crippen molar-refractivity contribution in [3.63, 3.8) is 0 Å². The standard InChI is InChI=1S/C17H22N4O.2ClH/c1-21(2)12-15-6-4-3-5-14(15)11-20-17(22)13-7-8-19-16(9-13)10-18;;/h3-9H,10-12,18H2,1-2H3,(H,20,22);2*1H. The van der Waals surface area contributed by atoms with Gasteiger partial charge in [0.05, 0.1) is 5.69 Å². The number of hydrogen-bond donors (Lipinski definition) is 2. The number of nitrogens with one attached hydrogen (secondary N) is 1. The molecule has 1 heterocycles. The molecule has 0 aliphatic rings. The van der Waals surface area contributed by atoms with Gasteiger partial charge in [0.25, 0.3) is 5.91 Å². The first-order valence-corrected chi connectivity index (χ1v) is 7.25. The molecule has 7 heteroatoms. The number of hydrogen-bond acceptors (Lipinski definition) is 4. The van der Waals surface area contributed by atoms with Gasteiger partial charge < -0.3 is 16.0 Å². The van der Waals surface area contributed by atoms with E-state index in [1.54, 1.807) is 18.3 Å². The summed E-state index contributed by atoms with van der Waals surface area (Å²) in [6.07, 6.45) is 1.61. The molecule has 0 atom stereocenters. The van der Waals surface area contributed by atoms with Crippen molar-refractivity contribution in [2.45, 2.75) is 19.6 Å². The van der Waals surface area contributed by atoms with Crippen LogP contribution in [0.15, 0.2) is 42.6 Å². The van der Waals surface area contributed by atoms with E-state index in [2.05, 4.69) is 21.3 Å². The summed E-state index contributed by atoms with van der Waals surface area (Å²) in [4.78, 5) is 18.4.